The highest BCUT2D eigenvalue weighted by molar-refractivity contribution is 5.92. The quantitative estimate of drug-likeness (QED) is 0.709. The van der Waals surface area contributed by atoms with Crippen LogP contribution in [0.2, 0.25) is 0 Å². The number of rotatable bonds is 2. The molecule has 28 heavy (non-hydrogen) atoms. The molecule has 1 unspecified atom stereocenters. The van der Waals surface area contributed by atoms with Gasteiger partial charge in [0.05, 0.1) is 11.7 Å². The zero-order valence-corrected chi connectivity index (χ0v) is 15.6. The number of amides is 2. The van der Waals surface area contributed by atoms with E-state index in [-0.39, 0.29) is 24.2 Å². The summed E-state index contributed by atoms with van der Waals surface area (Å²) in [4.78, 5) is 18.9. The van der Waals surface area contributed by atoms with Crippen LogP contribution in [0.15, 0.2) is 34.9 Å². The van der Waals surface area contributed by atoms with Gasteiger partial charge in [-0.1, -0.05) is 0 Å². The van der Waals surface area contributed by atoms with Gasteiger partial charge in [-0.2, -0.15) is 0 Å². The van der Waals surface area contributed by atoms with E-state index in [1.807, 2.05) is 36.1 Å². The molecule has 8 nitrogen and oxygen atoms in total. The molecular formula is C20H22N6O2. The van der Waals surface area contributed by atoms with Gasteiger partial charge in [0, 0.05) is 36.0 Å². The molecule has 0 spiro atoms. The zero-order chi connectivity index (χ0) is 19.3. The molecule has 3 atom stereocenters. The SMILES string of the molecule is Cc1ncc(-c2ccc3nnc(NC(=O)N4[C@@H]5CC[C@H]4CC(N)C5)cc3c2)o1. The average Bonchev–Trinajstić information content (AvgIpc) is 3.22. The standard InChI is InChI=1S/C20H22N6O2/c1-11-22-10-18(28-11)12-2-5-17-13(6-12)7-19(25-24-17)23-20(27)26-15-3-4-16(26)9-14(21)8-15/h2,5-7,10,14-16H,3-4,8-9,21H2,1H3,(H,23,25,27)/t14?,15-,16+. The number of aryl methyl sites for hydroxylation is 1. The van der Waals surface area contributed by atoms with E-state index in [1.54, 1.807) is 6.20 Å². The Morgan fingerprint density at radius 1 is 1.21 bits per heavy atom. The summed E-state index contributed by atoms with van der Waals surface area (Å²) in [5.41, 5.74) is 7.76. The largest absolute Gasteiger partial charge is 0.441 e. The molecule has 3 aromatic rings. The molecule has 0 aliphatic carbocycles. The minimum Gasteiger partial charge on any atom is -0.441 e. The monoisotopic (exact) mass is 378 g/mol. The second-order valence-corrected chi connectivity index (χ2v) is 7.70. The van der Waals surface area contributed by atoms with Gasteiger partial charge in [-0.15, -0.1) is 10.2 Å². The molecule has 2 aliphatic rings. The van der Waals surface area contributed by atoms with Crippen LogP contribution in [-0.4, -0.2) is 44.2 Å². The molecule has 4 heterocycles. The van der Waals surface area contributed by atoms with Gasteiger partial charge in [-0.25, -0.2) is 9.78 Å². The highest BCUT2D eigenvalue weighted by Crippen LogP contribution is 2.35. The van der Waals surface area contributed by atoms with Crippen molar-refractivity contribution in [3.8, 4) is 11.3 Å². The van der Waals surface area contributed by atoms with Gasteiger partial charge in [0.15, 0.2) is 17.5 Å². The average molecular weight is 378 g/mol. The van der Waals surface area contributed by atoms with Crippen LogP contribution < -0.4 is 11.1 Å². The van der Waals surface area contributed by atoms with Crippen molar-refractivity contribution in [1.29, 1.82) is 0 Å². The summed E-state index contributed by atoms with van der Waals surface area (Å²) in [6.07, 6.45) is 5.48. The molecule has 2 bridgehead atoms. The van der Waals surface area contributed by atoms with E-state index in [0.29, 0.717) is 17.5 Å². The number of urea groups is 1. The Labute approximate surface area is 162 Å². The Hall–Kier alpha value is -3.00. The number of hydrogen-bond acceptors (Lipinski definition) is 6. The molecule has 5 rings (SSSR count). The summed E-state index contributed by atoms with van der Waals surface area (Å²) >= 11 is 0. The van der Waals surface area contributed by atoms with Crippen LogP contribution in [-0.2, 0) is 0 Å². The second-order valence-electron chi connectivity index (χ2n) is 7.70. The molecule has 2 aromatic heterocycles. The first-order valence-electron chi connectivity index (χ1n) is 9.62. The molecule has 2 amide bonds. The number of carbonyl (C=O) groups is 1. The van der Waals surface area contributed by atoms with Crippen molar-refractivity contribution in [1.82, 2.24) is 20.1 Å². The fraction of sp³-hybridized carbons (Fsp3) is 0.400. The first kappa shape index (κ1) is 17.1. The number of carbonyl (C=O) groups excluding carboxylic acids is 1. The van der Waals surface area contributed by atoms with Crippen molar-refractivity contribution in [3.63, 3.8) is 0 Å². The highest BCUT2D eigenvalue weighted by atomic mass is 16.4. The van der Waals surface area contributed by atoms with Crippen molar-refractivity contribution < 1.29 is 9.21 Å². The lowest BCUT2D eigenvalue weighted by Crippen LogP contribution is -2.51. The smallest absolute Gasteiger partial charge is 0.323 e. The summed E-state index contributed by atoms with van der Waals surface area (Å²) in [5.74, 6) is 1.76. The molecule has 8 heteroatoms. The Balaban J connectivity index is 1.39. The van der Waals surface area contributed by atoms with E-state index in [9.17, 15) is 4.79 Å². The molecule has 2 aliphatic heterocycles. The van der Waals surface area contributed by atoms with E-state index in [1.165, 1.54) is 0 Å². The number of oxazole rings is 1. The Kier molecular flexibility index (Phi) is 4.01. The zero-order valence-electron chi connectivity index (χ0n) is 15.6. The maximum absolute atomic E-state index is 12.8. The number of nitrogens with two attached hydrogens (primary N) is 1. The fourth-order valence-corrected chi connectivity index (χ4v) is 4.48. The predicted molar refractivity (Wildman–Crippen MR) is 105 cm³/mol. The number of nitrogens with one attached hydrogen (secondary N) is 1. The first-order valence-corrected chi connectivity index (χ1v) is 9.62. The summed E-state index contributed by atoms with van der Waals surface area (Å²) in [6.45, 7) is 1.81. The van der Waals surface area contributed by atoms with Crippen LogP contribution in [0.3, 0.4) is 0 Å². The van der Waals surface area contributed by atoms with Gasteiger partial charge < -0.3 is 15.1 Å². The summed E-state index contributed by atoms with van der Waals surface area (Å²) < 4.78 is 5.60. The van der Waals surface area contributed by atoms with Crippen LogP contribution in [0, 0.1) is 6.92 Å². The van der Waals surface area contributed by atoms with E-state index < -0.39 is 0 Å². The highest BCUT2D eigenvalue weighted by Gasteiger charge is 2.42. The molecule has 3 N–H and O–H groups in total. The number of fused-ring (bicyclic) bond motifs is 3. The Bertz CT molecular complexity index is 1030. The fourth-order valence-electron chi connectivity index (χ4n) is 4.48. The normalized spacial score (nSPS) is 23.9. The van der Waals surface area contributed by atoms with E-state index in [0.717, 1.165) is 42.1 Å². The van der Waals surface area contributed by atoms with Gasteiger partial charge in [0.1, 0.15) is 0 Å². The van der Waals surface area contributed by atoms with Crippen molar-refractivity contribution in [3.05, 3.63) is 36.4 Å². The number of piperidine rings is 1. The summed E-state index contributed by atoms with van der Waals surface area (Å²) in [5, 5.41) is 12.2. The minimum atomic E-state index is -0.116. The van der Waals surface area contributed by atoms with Gasteiger partial charge in [-0.05, 0) is 49.9 Å². The van der Waals surface area contributed by atoms with Crippen LogP contribution in [0.5, 0.6) is 0 Å². The van der Waals surface area contributed by atoms with E-state index in [2.05, 4.69) is 20.5 Å². The maximum Gasteiger partial charge on any atom is 0.323 e. The number of nitrogens with zero attached hydrogens (tertiary/aromatic N) is 4. The lowest BCUT2D eigenvalue weighted by molar-refractivity contribution is 0.150. The van der Waals surface area contributed by atoms with Gasteiger partial charge in [-0.3, -0.25) is 5.32 Å². The van der Waals surface area contributed by atoms with Crippen LogP contribution in [0.1, 0.15) is 31.6 Å². The molecule has 2 saturated heterocycles. The van der Waals surface area contributed by atoms with Crippen molar-refractivity contribution in [2.45, 2.75) is 50.7 Å². The Morgan fingerprint density at radius 3 is 2.71 bits per heavy atom. The number of anilines is 1. The number of benzene rings is 1. The van der Waals surface area contributed by atoms with Gasteiger partial charge >= 0.3 is 6.03 Å². The summed E-state index contributed by atoms with van der Waals surface area (Å²) in [6, 6.07) is 8.13. The van der Waals surface area contributed by atoms with Gasteiger partial charge in [0.25, 0.3) is 0 Å². The molecule has 2 fully saturated rings. The maximum atomic E-state index is 12.8. The van der Waals surface area contributed by atoms with Crippen LogP contribution in [0.25, 0.3) is 22.2 Å². The van der Waals surface area contributed by atoms with E-state index in [4.69, 9.17) is 10.2 Å². The molecular weight excluding hydrogens is 356 g/mol. The van der Waals surface area contributed by atoms with Crippen molar-refractivity contribution in [2.24, 2.45) is 5.73 Å². The third kappa shape index (κ3) is 2.99. The lowest BCUT2D eigenvalue weighted by atomic mass is 9.99. The molecule has 0 saturated carbocycles. The second kappa shape index (κ2) is 6.56. The molecule has 144 valence electrons. The first-order chi connectivity index (χ1) is 13.6. The van der Waals surface area contributed by atoms with Crippen molar-refractivity contribution in [2.75, 3.05) is 5.32 Å². The topological polar surface area (TPSA) is 110 Å². The molecule has 0 radical (unpaired) electrons. The minimum absolute atomic E-state index is 0.116. The summed E-state index contributed by atoms with van der Waals surface area (Å²) in [7, 11) is 0. The predicted octanol–water partition coefficient (Wildman–Crippen LogP) is 3.08. The number of aromatic nitrogens is 3. The van der Waals surface area contributed by atoms with Gasteiger partial charge in [0.2, 0.25) is 0 Å². The third-order valence-electron chi connectivity index (χ3n) is 5.73. The van der Waals surface area contributed by atoms with E-state index >= 15 is 0 Å². The number of hydrogen-bond donors (Lipinski definition) is 2. The van der Waals surface area contributed by atoms with Crippen LogP contribution in [0.4, 0.5) is 10.6 Å². The molecule has 1 aromatic carbocycles. The van der Waals surface area contributed by atoms with Crippen molar-refractivity contribution >= 4 is 22.8 Å². The Morgan fingerprint density at radius 2 is 2.00 bits per heavy atom. The lowest BCUT2D eigenvalue weighted by Gasteiger charge is -2.37. The third-order valence-corrected chi connectivity index (χ3v) is 5.73. The van der Waals surface area contributed by atoms with Crippen LogP contribution >= 0.6 is 0 Å².